The van der Waals surface area contributed by atoms with Gasteiger partial charge in [0.15, 0.2) is 9.84 Å². The summed E-state index contributed by atoms with van der Waals surface area (Å²) in [5.41, 5.74) is 1.80. The number of hydrogen-bond donors (Lipinski definition) is 1. The Bertz CT molecular complexity index is 687. The first kappa shape index (κ1) is 15.1. The molecule has 1 N–H and O–H groups in total. The number of urea groups is 1. The summed E-state index contributed by atoms with van der Waals surface area (Å²) >= 11 is 0. The first-order valence-corrected chi connectivity index (χ1v) is 9.34. The molecule has 0 radical (unpaired) electrons. The molecule has 1 aromatic rings. The molecule has 1 aromatic carbocycles. The predicted octanol–water partition coefficient (Wildman–Crippen LogP) is 1.66. The number of amides is 2. The average molecular weight is 324 g/mol. The van der Waals surface area contributed by atoms with Crippen molar-refractivity contribution in [3.05, 3.63) is 23.8 Å². The number of hydrogen-bond acceptors (Lipinski definition) is 4. The summed E-state index contributed by atoms with van der Waals surface area (Å²) in [4.78, 5) is 14.0. The number of ether oxygens (including phenoxy) is 1. The van der Waals surface area contributed by atoms with Crippen molar-refractivity contribution < 1.29 is 17.9 Å². The van der Waals surface area contributed by atoms with Crippen LogP contribution in [0.25, 0.3) is 0 Å². The molecule has 2 amide bonds. The van der Waals surface area contributed by atoms with E-state index in [1.54, 1.807) is 11.0 Å². The van der Waals surface area contributed by atoms with Crippen molar-refractivity contribution in [2.75, 3.05) is 30.0 Å². The van der Waals surface area contributed by atoms with Crippen molar-refractivity contribution in [1.82, 2.24) is 4.90 Å². The van der Waals surface area contributed by atoms with Crippen LogP contribution in [-0.4, -0.2) is 50.0 Å². The number of nitrogens with zero attached hydrogens (tertiary/aromatic N) is 1. The van der Waals surface area contributed by atoms with E-state index in [2.05, 4.69) is 5.32 Å². The van der Waals surface area contributed by atoms with Gasteiger partial charge in [-0.2, -0.15) is 0 Å². The number of nitrogens with one attached hydrogen (secondary N) is 1. The topological polar surface area (TPSA) is 75.7 Å². The number of fused-ring (bicyclic) bond motifs is 1. The Morgan fingerprint density at radius 1 is 1.45 bits per heavy atom. The quantitative estimate of drug-likeness (QED) is 0.917. The number of sulfone groups is 1. The summed E-state index contributed by atoms with van der Waals surface area (Å²) in [6.07, 6.45) is 1.36. The minimum Gasteiger partial charge on any atom is -0.493 e. The molecule has 1 unspecified atom stereocenters. The lowest BCUT2D eigenvalue weighted by molar-refractivity contribution is 0.197. The average Bonchev–Trinajstić information content (AvgIpc) is 3.05. The zero-order chi connectivity index (χ0) is 15.7. The summed E-state index contributed by atoms with van der Waals surface area (Å²) < 4.78 is 28.6. The van der Waals surface area contributed by atoms with Gasteiger partial charge < -0.3 is 15.0 Å². The third-order valence-corrected chi connectivity index (χ3v) is 5.94. The van der Waals surface area contributed by atoms with Gasteiger partial charge in [-0.05, 0) is 37.1 Å². The summed E-state index contributed by atoms with van der Waals surface area (Å²) in [5, 5.41) is 2.86. The zero-order valence-electron chi connectivity index (χ0n) is 12.5. The molecule has 1 saturated heterocycles. The molecule has 0 bridgehead atoms. The Balaban J connectivity index is 1.70. The molecular weight excluding hydrogens is 304 g/mol. The minimum atomic E-state index is -3.00. The van der Waals surface area contributed by atoms with Crippen LogP contribution in [-0.2, 0) is 16.3 Å². The maximum Gasteiger partial charge on any atom is 0.322 e. The van der Waals surface area contributed by atoms with Crippen molar-refractivity contribution >= 4 is 21.6 Å². The van der Waals surface area contributed by atoms with Crippen LogP contribution in [0, 0.1) is 0 Å². The van der Waals surface area contributed by atoms with Gasteiger partial charge >= 0.3 is 6.03 Å². The van der Waals surface area contributed by atoms with Crippen molar-refractivity contribution in [2.45, 2.75) is 25.8 Å². The zero-order valence-corrected chi connectivity index (χ0v) is 13.4. The molecule has 2 aliphatic heterocycles. The van der Waals surface area contributed by atoms with Gasteiger partial charge in [0.2, 0.25) is 0 Å². The Kier molecular flexibility index (Phi) is 3.99. The van der Waals surface area contributed by atoms with E-state index in [0.29, 0.717) is 25.3 Å². The van der Waals surface area contributed by atoms with Gasteiger partial charge in [0, 0.05) is 24.7 Å². The Morgan fingerprint density at radius 2 is 2.27 bits per heavy atom. The molecule has 2 aliphatic rings. The van der Waals surface area contributed by atoms with E-state index in [9.17, 15) is 13.2 Å². The van der Waals surface area contributed by atoms with E-state index < -0.39 is 9.84 Å². The lowest BCUT2D eigenvalue weighted by atomic mass is 10.1. The lowest BCUT2D eigenvalue weighted by Crippen LogP contribution is -2.43. The monoisotopic (exact) mass is 324 g/mol. The van der Waals surface area contributed by atoms with Crippen LogP contribution in [0.5, 0.6) is 5.75 Å². The van der Waals surface area contributed by atoms with Gasteiger partial charge in [-0.3, -0.25) is 0 Å². The highest BCUT2D eigenvalue weighted by Gasteiger charge is 2.34. The predicted molar refractivity (Wildman–Crippen MR) is 84.1 cm³/mol. The largest absolute Gasteiger partial charge is 0.493 e. The van der Waals surface area contributed by atoms with Gasteiger partial charge in [-0.25, -0.2) is 13.2 Å². The van der Waals surface area contributed by atoms with E-state index >= 15 is 0 Å². The van der Waals surface area contributed by atoms with Crippen LogP contribution in [0.15, 0.2) is 18.2 Å². The van der Waals surface area contributed by atoms with Crippen LogP contribution in [0.4, 0.5) is 10.5 Å². The first-order valence-electron chi connectivity index (χ1n) is 7.52. The highest BCUT2D eigenvalue weighted by molar-refractivity contribution is 7.91. The molecule has 1 atom stereocenters. The molecule has 120 valence electrons. The van der Waals surface area contributed by atoms with Gasteiger partial charge in [0.05, 0.1) is 18.1 Å². The molecule has 1 fully saturated rings. The Hall–Kier alpha value is -1.76. The first-order chi connectivity index (χ1) is 10.5. The SMILES string of the molecule is CCN(C(=O)Nc1ccc2c(c1)CCO2)C1CCS(=O)(=O)C1. The van der Waals surface area contributed by atoms with Crippen LogP contribution in [0.1, 0.15) is 18.9 Å². The van der Waals surface area contributed by atoms with Gasteiger partial charge in [-0.1, -0.05) is 0 Å². The number of carbonyl (C=O) groups is 1. The number of anilines is 1. The smallest absolute Gasteiger partial charge is 0.322 e. The molecular formula is C15H20N2O4S. The molecule has 0 aromatic heterocycles. The Morgan fingerprint density at radius 3 is 2.95 bits per heavy atom. The molecule has 22 heavy (non-hydrogen) atoms. The molecule has 0 saturated carbocycles. The fourth-order valence-corrected chi connectivity index (χ4v) is 4.78. The van der Waals surface area contributed by atoms with E-state index in [4.69, 9.17) is 4.74 Å². The van der Waals surface area contributed by atoms with Crippen molar-refractivity contribution in [2.24, 2.45) is 0 Å². The number of benzene rings is 1. The highest BCUT2D eigenvalue weighted by atomic mass is 32.2. The van der Waals surface area contributed by atoms with E-state index in [0.717, 1.165) is 17.7 Å². The van der Waals surface area contributed by atoms with Crippen LogP contribution in [0.3, 0.4) is 0 Å². The second-order valence-electron chi connectivity index (χ2n) is 5.69. The van der Waals surface area contributed by atoms with E-state index in [-0.39, 0.29) is 23.6 Å². The number of rotatable bonds is 3. The van der Waals surface area contributed by atoms with E-state index in [1.165, 1.54) is 0 Å². The Labute approximate surface area is 130 Å². The number of carbonyl (C=O) groups excluding carboxylic acids is 1. The third-order valence-electron chi connectivity index (χ3n) is 4.19. The summed E-state index contributed by atoms with van der Waals surface area (Å²) in [6, 6.07) is 5.10. The van der Waals surface area contributed by atoms with Crippen LogP contribution < -0.4 is 10.1 Å². The summed E-state index contributed by atoms with van der Waals surface area (Å²) in [5.74, 6) is 1.09. The standard InChI is InChI=1S/C15H20N2O4S/c1-2-17(13-6-8-22(19,20)10-13)15(18)16-12-3-4-14-11(9-12)5-7-21-14/h3-4,9,13H,2,5-8,10H2,1H3,(H,16,18). The van der Waals surface area contributed by atoms with Crippen molar-refractivity contribution in [3.8, 4) is 5.75 Å². The maximum absolute atomic E-state index is 12.4. The molecule has 0 aliphatic carbocycles. The second-order valence-corrected chi connectivity index (χ2v) is 7.92. The van der Waals surface area contributed by atoms with Gasteiger partial charge in [0.25, 0.3) is 0 Å². The van der Waals surface area contributed by atoms with Crippen molar-refractivity contribution in [1.29, 1.82) is 0 Å². The molecule has 2 heterocycles. The lowest BCUT2D eigenvalue weighted by Gasteiger charge is -2.27. The second kappa shape index (κ2) is 5.79. The van der Waals surface area contributed by atoms with Crippen molar-refractivity contribution in [3.63, 3.8) is 0 Å². The summed E-state index contributed by atoms with van der Waals surface area (Å²) in [6.45, 7) is 3.02. The molecule has 3 rings (SSSR count). The van der Waals surface area contributed by atoms with Crippen LogP contribution >= 0.6 is 0 Å². The molecule has 6 nitrogen and oxygen atoms in total. The van der Waals surface area contributed by atoms with Gasteiger partial charge in [-0.15, -0.1) is 0 Å². The molecule has 7 heteroatoms. The highest BCUT2D eigenvalue weighted by Crippen LogP contribution is 2.28. The third kappa shape index (κ3) is 3.04. The normalized spacial score (nSPS) is 22.0. The fourth-order valence-electron chi connectivity index (χ4n) is 3.05. The van der Waals surface area contributed by atoms with E-state index in [1.807, 2.05) is 19.1 Å². The van der Waals surface area contributed by atoms with Crippen LogP contribution in [0.2, 0.25) is 0 Å². The summed E-state index contributed by atoms with van der Waals surface area (Å²) in [7, 11) is -3.00. The fraction of sp³-hybridized carbons (Fsp3) is 0.533. The molecule has 0 spiro atoms. The maximum atomic E-state index is 12.4. The van der Waals surface area contributed by atoms with Gasteiger partial charge in [0.1, 0.15) is 5.75 Å². The minimum absolute atomic E-state index is 0.0618.